The maximum atomic E-state index is 11.9. The van der Waals surface area contributed by atoms with Crippen molar-refractivity contribution in [3.8, 4) is 5.75 Å². The maximum absolute atomic E-state index is 11.9. The van der Waals surface area contributed by atoms with Gasteiger partial charge in [0.25, 0.3) is 0 Å². The largest absolute Gasteiger partial charge is 0.494 e. The lowest BCUT2D eigenvalue weighted by atomic mass is 10.2. The van der Waals surface area contributed by atoms with Gasteiger partial charge in [-0.05, 0) is 25.1 Å². The van der Waals surface area contributed by atoms with Crippen molar-refractivity contribution in [3.63, 3.8) is 0 Å². The Morgan fingerprint density at radius 2 is 1.91 bits per heavy atom. The zero-order valence-electron chi connectivity index (χ0n) is 13.0. The number of para-hydroxylation sites is 2. The van der Waals surface area contributed by atoms with E-state index in [1.54, 1.807) is 23.9 Å². The third-order valence-electron chi connectivity index (χ3n) is 3.15. The summed E-state index contributed by atoms with van der Waals surface area (Å²) in [5.41, 5.74) is 1.82. The zero-order chi connectivity index (χ0) is 16.5. The molecule has 2 aromatic rings. The van der Waals surface area contributed by atoms with Gasteiger partial charge in [0, 0.05) is 23.5 Å². The summed E-state index contributed by atoms with van der Waals surface area (Å²) in [6.07, 6.45) is 0.451. The van der Waals surface area contributed by atoms with E-state index in [0.29, 0.717) is 23.7 Å². The molecule has 0 aliphatic heterocycles. The van der Waals surface area contributed by atoms with Gasteiger partial charge in [-0.1, -0.05) is 41.9 Å². The standard InChI is InChI=1S/C18H20ClNO2S/c1-2-22-17-10-6-3-7-14(17)13-23-12-11-18(21)20-16-9-5-4-8-15(16)19/h3-10H,2,11-13H2,1H3,(H,20,21). The van der Waals surface area contributed by atoms with E-state index in [4.69, 9.17) is 16.3 Å². The molecular formula is C18H20ClNO2S. The predicted octanol–water partition coefficient (Wildman–Crippen LogP) is 5.00. The third kappa shape index (κ3) is 5.81. The van der Waals surface area contributed by atoms with Crippen molar-refractivity contribution in [2.24, 2.45) is 0 Å². The number of carbonyl (C=O) groups excluding carboxylic acids is 1. The van der Waals surface area contributed by atoms with E-state index in [0.717, 1.165) is 22.8 Å². The van der Waals surface area contributed by atoms with Crippen molar-refractivity contribution in [3.05, 3.63) is 59.1 Å². The van der Waals surface area contributed by atoms with Crippen LogP contribution in [0.2, 0.25) is 5.02 Å². The first-order valence-electron chi connectivity index (χ1n) is 7.53. The molecule has 0 aliphatic carbocycles. The van der Waals surface area contributed by atoms with Gasteiger partial charge in [0.1, 0.15) is 5.75 Å². The molecule has 0 heterocycles. The fraction of sp³-hybridized carbons (Fsp3) is 0.278. The second-order valence-electron chi connectivity index (χ2n) is 4.87. The van der Waals surface area contributed by atoms with Gasteiger partial charge in [-0.25, -0.2) is 0 Å². The molecule has 0 saturated heterocycles. The summed E-state index contributed by atoms with van der Waals surface area (Å²) in [4.78, 5) is 11.9. The number of anilines is 1. The fourth-order valence-electron chi connectivity index (χ4n) is 2.04. The van der Waals surface area contributed by atoms with Gasteiger partial charge in [0.05, 0.1) is 17.3 Å². The topological polar surface area (TPSA) is 38.3 Å². The van der Waals surface area contributed by atoms with Gasteiger partial charge in [0.15, 0.2) is 0 Å². The summed E-state index contributed by atoms with van der Waals surface area (Å²) in [7, 11) is 0. The number of hydrogen-bond acceptors (Lipinski definition) is 3. The summed E-state index contributed by atoms with van der Waals surface area (Å²) in [5.74, 6) is 2.47. The average Bonchev–Trinajstić information content (AvgIpc) is 2.55. The van der Waals surface area contributed by atoms with E-state index < -0.39 is 0 Å². The molecule has 0 radical (unpaired) electrons. The molecule has 1 amide bonds. The molecule has 0 unspecified atom stereocenters. The van der Waals surface area contributed by atoms with E-state index in [1.807, 2.05) is 37.3 Å². The first-order chi connectivity index (χ1) is 11.2. The van der Waals surface area contributed by atoms with Gasteiger partial charge in [-0.2, -0.15) is 11.8 Å². The Morgan fingerprint density at radius 3 is 2.70 bits per heavy atom. The van der Waals surface area contributed by atoms with E-state index in [1.165, 1.54) is 0 Å². The monoisotopic (exact) mass is 349 g/mol. The Morgan fingerprint density at radius 1 is 1.17 bits per heavy atom. The van der Waals surface area contributed by atoms with Crippen LogP contribution in [0.3, 0.4) is 0 Å². The molecule has 5 heteroatoms. The van der Waals surface area contributed by atoms with Crippen molar-refractivity contribution in [2.45, 2.75) is 19.1 Å². The maximum Gasteiger partial charge on any atom is 0.225 e. The van der Waals surface area contributed by atoms with Gasteiger partial charge < -0.3 is 10.1 Å². The molecular weight excluding hydrogens is 330 g/mol. The Labute approximate surface area is 146 Å². The molecule has 2 rings (SSSR count). The van der Waals surface area contributed by atoms with E-state index in [2.05, 4.69) is 11.4 Å². The van der Waals surface area contributed by atoms with Crippen LogP contribution in [-0.2, 0) is 10.5 Å². The van der Waals surface area contributed by atoms with Gasteiger partial charge >= 0.3 is 0 Å². The Balaban J connectivity index is 1.75. The number of hydrogen-bond donors (Lipinski definition) is 1. The number of nitrogens with one attached hydrogen (secondary N) is 1. The number of benzene rings is 2. The average molecular weight is 350 g/mol. The lowest BCUT2D eigenvalue weighted by Crippen LogP contribution is -2.12. The normalized spacial score (nSPS) is 10.3. The third-order valence-corrected chi connectivity index (χ3v) is 4.49. The van der Waals surface area contributed by atoms with Crippen molar-refractivity contribution in [2.75, 3.05) is 17.7 Å². The van der Waals surface area contributed by atoms with E-state index in [9.17, 15) is 4.79 Å². The van der Waals surface area contributed by atoms with Crippen LogP contribution in [0.4, 0.5) is 5.69 Å². The van der Waals surface area contributed by atoms with E-state index in [-0.39, 0.29) is 5.91 Å². The SMILES string of the molecule is CCOc1ccccc1CSCCC(=O)Nc1ccccc1Cl. The smallest absolute Gasteiger partial charge is 0.225 e. The van der Waals surface area contributed by atoms with Crippen molar-refractivity contribution < 1.29 is 9.53 Å². The number of ether oxygens (including phenoxy) is 1. The Kier molecular flexibility index (Phi) is 7.30. The quantitative estimate of drug-likeness (QED) is 0.681. The highest BCUT2D eigenvalue weighted by Crippen LogP contribution is 2.24. The molecule has 2 aromatic carbocycles. The molecule has 122 valence electrons. The minimum absolute atomic E-state index is 0.0244. The van der Waals surface area contributed by atoms with Crippen LogP contribution in [0.1, 0.15) is 18.9 Å². The Hall–Kier alpha value is -1.65. The van der Waals surface area contributed by atoms with E-state index >= 15 is 0 Å². The second-order valence-corrected chi connectivity index (χ2v) is 6.38. The lowest BCUT2D eigenvalue weighted by Gasteiger charge is -2.10. The lowest BCUT2D eigenvalue weighted by molar-refractivity contribution is -0.115. The molecule has 0 aromatic heterocycles. The molecule has 0 aliphatic rings. The predicted molar refractivity (Wildman–Crippen MR) is 98.5 cm³/mol. The van der Waals surface area contributed by atoms with Gasteiger partial charge in [-0.3, -0.25) is 4.79 Å². The van der Waals surface area contributed by atoms with Crippen LogP contribution in [0, 0.1) is 0 Å². The van der Waals surface area contributed by atoms with Crippen molar-refractivity contribution in [1.82, 2.24) is 0 Å². The number of amides is 1. The second kappa shape index (κ2) is 9.48. The first kappa shape index (κ1) is 17.7. The van der Waals surface area contributed by atoms with Crippen LogP contribution < -0.4 is 10.1 Å². The molecule has 0 fully saturated rings. The highest BCUT2D eigenvalue weighted by atomic mass is 35.5. The summed E-state index contributed by atoms with van der Waals surface area (Å²) in [6, 6.07) is 15.2. The van der Waals surface area contributed by atoms with Crippen LogP contribution >= 0.6 is 23.4 Å². The number of rotatable bonds is 8. The molecule has 0 bridgehead atoms. The highest BCUT2D eigenvalue weighted by Gasteiger charge is 2.06. The summed E-state index contributed by atoms with van der Waals surface area (Å²) < 4.78 is 5.60. The molecule has 23 heavy (non-hydrogen) atoms. The van der Waals surface area contributed by atoms with Crippen LogP contribution in [-0.4, -0.2) is 18.3 Å². The minimum Gasteiger partial charge on any atom is -0.494 e. The number of thioether (sulfide) groups is 1. The van der Waals surface area contributed by atoms with Crippen LogP contribution in [0.5, 0.6) is 5.75 Å². The molecule has 1 N–H and O–H groups in total. The number of carbonyl (C=O) groups is 1. The van der Waals surface area contributed by atoms with Crippen molar-refractivity contribution >= 4 is 35.0 Å². The zero-order valence-corrected chi connectivity index (χ0v) is 14.6. The molecule has 0 atom stereocenters. The summed E-state index contributed by atoms with van der Waals surface area (Å²) in [6.45, 7) is 2.63. The Bertz CT molecular complexity index is 648. The summed E-state index contributed by atoms with van der Waals surface area (Å²) >= 11 is 7.74. The van der Waals surface area contributed by atoms with Crippen LogP contribution in [0.15, 0.2) is 48.5 Å². The molecule has 0 saturated carbocycles. The minimum atomic E-state index is -0.0244. The number of halogens is 1. The molecule has 0 spiro atoms. The van der Waals surface area contributed by atoms with Crippen molar-refractivity contribution in [1.29, 1.82) is 0 Å². The first-order valence-corrected chi connectivity index (χ1v) is 9.06. The van der Waals surface area contributed by atoms with Crippen LogP contribution in [0.25, 0.3) is 0 Å². The summed E-state index contributed by atoms with van der Waals surface area (Å²) in [5, 5.41) is 3.39. The highest BCUT2D eigenvalue weighted by molar-refractivity contribution is 7.98. The fourth-order valence-corrected chi connectivity index (χ4v) is 3.16. The van der Waals surface area contributed by atoms with Gasteiger partial charge in [0.2, 0.25) is 5.91 Å². The van der Waals surface area contributed by atoms with Gasteiger partial charge in [-0.15, -0.1) is 0 Å². The molecule has 3 nitrogen and oxygen atoms in total.